The molecule has 2 N–H and O–H groups in total. The number of nitrogens with one attached hydrogen (secondary N) is 2. The summed E-state index contributed by atoms with van der Waals surface area (Å²) in [6, 6.07) is 10.0. The van der Waals surface area contributed by atoms with Gasteiger partial charge >= 0.3 is 0 Å². The zero-order valence-corrected chi connectivity index (χ0v) is 19.7. The molecule has 10 heteroatoms. The van der Waals surface area contributed by atoms with E-state index >= 15 is 0 Å². The normalized spacial score (nSPS) is 18.9. The third-order valence-electron chi connectivity index (χ3n) is 6.46. The highest BCUT2D eigenvalue weighted by Crippen LogP contribution is 2.27. The molecule has 0 aromatic carbocycles. The number of hydrogen-bond donors (Lipinski definition) is 2. The summed E-state index contributed by atoms with van der Waals surface area (Å²) in [6.07, 6.45) is 6.87. The Bertz CT molecular complexity index is 1200. The zero-order valence-electron chi connectivity index (χ0n) is 19.7. The summed E-state index contributed by atoms with van der Waals surface area (Å²) < 4.78 is 13.6. The van der Waals surface area contributed by atoms with Gasteiger partial charge in [-0.2, -0.15) is 5.26 Å². The Morgan fingerprint density at radius 3 is 2.63 bits per heavy atom. The molecule has 0 bridgehead atoms. The van der Waals surface area contributed by atoms with Crippen molar-refractivity contribution in [3.63, 3.8) is 0 Å². The number of pyridine rings is 2. The molecule has 3 aromatic rings. The molecule has 0 spiro atoms. The summed E-state index contributed by atoms with van der Waals surface area (Å²) in [4.78, 5) is 22.0. The van der Waals surface area contributed by atoms with Crippen LogP contribution in [-0.2, 0) is 0 Å². The number of nitriles is 1. The molecule has 2 aliphatic rings. The van der Waals surface area contributed by atoms with Gasteiger partial charge in [0.1, 0.15) is 23.9 Å². The van der Waals surface area contributed by atoms with E-state index in [0.29, 0.717) is 47.6 Å². The van der Waals surface area contributed by atoms with E-state index < -0.39 is 6.17 Å². The molecule has 0 aliphatic carbocycles. The fraction of sp³-hybridized carbons (Fsp3) is 0.400. The summed E-state index contributed by atoms with van der Waals surface area (Å²) in [5.74, 6) is 1.79. The molecular formula is C25H28FN9. The van der Waals surface area contributed by atoms with Gasteiger partial charge in [-0.25, -0.2) is 24.3 Å². The Morgan fingerprint density at radius 1 is 1.06 bits per heavy atom. The minimum Gasteiger partial charge on any atom is -0.367 e. The predicted molar refractivity (Wildman–Crippen MR) is 133 cm³/mol. The van der Waals surface area contributed by atoms with Crippen molar-refractivity contribution in [3.8, 4) is 17.3 Å². The lowest BCUT2D eigenvalue weighted by atomic mass is 10.1. The van der Waals surface area contributed by atoms with Crippen molar-refractivity contribution < 1.29 is 4.39 Å². The van der Waals surface area contributed by atoms with E-state index in [1.165, 1.54) is 0 Å². The van der Waals surface area contributed by atoms with Crippen LogP contribution >= 0.6 is 0 Å². The topological polar surface area (TPSA) is 106 Å². The monoisotopic (exact) mass is 473 g/mol. The second-order valence-electron chi connectivity index (χ2n) is 9.08. The second kappa shape index (κ2) is 10.2. The Kier molecular flexibility index (Phi) is 6.68. The molecule has 0 radical (unpaired) electrons. The van der Waals surface area contributed by atoms with Gasteiger partial charge in [0.25, 0.3) is 0 Å². The van der Waals surface area contributed by atoms with E-state index in [2.05, 4.69) is 48.6 Å². The first-order valence-electron chi connectivity index (χ1n) is 11.9. The van der Waals surface area contributed by atoms with Crippen LogP contribution in [0.25, 0.3) is 11.3 Å². The second-order valence-corrected chi connectivity index (χ2v) is 9.08. The molecular weight excluding hydrogens is 445 g/mol. The van der Waals surface area contributed by atoms with Crippen LogP contribution < -0.4 is 15.5 Å². The summed E-state index contributed by atoms with van der Waals surface area (Å²) in [6.45, 7) is 3.01. The van der Waals surface area contributed by atoms with Crippen molar-refractivity contribution in [1.29, 1.82) is 5.26 Å². The number of aromatic nitrogens is 4. The van der Waals surface area contributed by atoms with E-state index in [1.807, 2.05) is 17.0 Å². The largest absolute Gasteiger partial charge is 0.367 e. The molecule has 9 nitrogen and oxygen atoms in total. The fourth-order valence-electron chi connectivity index (χ4n) is 4.47. The number of anilines is 4. The Labute approximate surface area is 204 Å². The maximum atomic E-state index is 13.6. The maximum Gasteiger partial charge on any atom is 0.227 e. The first-order valence-corrected chi connectivity index (χ1v) is 11.9. The van der Waals surface area contributed by atoms with Crippen molar-refractivity contribution in [2.24, 2.45) is 0 Å². The van der Waals surface area contributed by atoms with Crippen molar-refractivity contribution >= 4 is 23.3 Å². The van der Waals surface area contributed by atoms with Gasteiger partial charge in [-0.15, -0.1) is 0 Å². The van der Waals surface area contributed by atoms with Crippen LogP contribution in [0.2, 0.25) is 0 Å². The molecule has 2 fully saturated rings. The number of rotatable bonds is 6. The van der Waals surface area contributed by atoms with Gasteiger partial charge in [-0.3, -0.25) is 0 Å². The summed E-state index contributed by atoms with van der Waals surface area (Å²) in [7, 11) is 2.15. The standard InChI is InChI=1S/C25H28FN9/c1-34-9-6-20(7-10-34)31-23-3-2-21(15-29-23)32-25-28-8-4-22(33-25)18-12-17(13-27)24(30-14-18)35-11-5-19(26)16-35/h2-4,8,12,14-15,19-20H,5-7,9-11,16H2,1H3,(H,29,31)(H,28,32,33). The van der Waals surface area contributed by atoms with Gasteiger partial charge < -0.3 is 20.4 Å². The van der Waals surface area contributed by atoms with Crippen LogP contribution in [0.3, 0.4) is 0 Å². The van der Waals surface area contributed by atoms with Gasteiger partial charge in [0.05, 0.1) is 29.7 Å². The lowest BCUT2D eigenvalue weighted by molar-refractivity contribution is 0.263. The molecule has 3 aromatic heterocycles. The predicted octanol–water partition coefficient (Wildman–Crippen LogP) is 3.60. The number of halogens is 1. The molecule has 5 rings (SSSR count). The van der Waals surface area contributed by atoms with Crippen molar-refractivity contribution in [2.75, 3.05) is 48.8 Å². The lowest BCUT2D eigenvalue weighted by Crippen LogP contribution is -2.36. The average molecular weight is 474 g/mol. The minimum absolute atomic E-state index is 0.267. The first-order chi connectivity index (χ1) is 17.1. The van der Waals surface area contributed by atoms with Crippen molar-refractivity contribution in [2.45, 2.75) is 31.5 Å². The quantitative estimate of drug-likeness (QED) is 0.555. The maximum absolute atomic E-state index is 13.6. The van der Waals surface area contributed by atoms with Crippen LogP contribution in [0.4, 0.5) is 27.7 Å². The fourth-order valence-corrected chi connectivity index (χ4v) is 4.47. The summed E-state index contributed by atoms with van der Waals surface area (Å²) in [5, 5.41) is 16.3. The van der Waals surface area contributed by atoms with Crippen molar-refractivity contribution in [3.05, 3.63) is 48.4 Å². The molecule has 2 saturated heterocycles. The van der Waals surface area contributed by atoms with Gasteiger partial charge in [0.2, 0.25) is 5.95 Å². The third-order valence-corrected chi connectivity index (χ3v) is 6.46. The Morgan fingerprint density at radius 2 is 1.91 bits per heavy atom. The molecule has 1 unspecified atom stereocenters. The van der Waals surface area contributed by atoms with E-state index in [1.54, 1.807) is 30.7 Å². The van der Waals surface area contributed by atoms with E-state index in [0.717, 1.165) is 37.4 Å². The Balaban J connectivity index is 1.26. The summed E-state index contributed by atoms with van der Waals surface area (Å²) >= 11 is 0. The van der Waals surface area contributed by atoms with Crippen LogP contribution in [0, 0.1) is 11.3 Å². The molecule has 35 heavy (non-hydrogen) atoms. The summed E-state index contributed by atoms with van der Waals surface area (Å²) in [5.41, 5.74) is 2.51. The third kappa shape index (κ3) is 5.46. The highest BCUT2D eigenvalue weighted by molar-refractivity contribution is 5.67. The molecule has 5 heterocycles. The van der Waals surface area contributed by atoms with Crippen LogP contribution in [-0.4, -0.2) is 70.3 Å². The van der Waals surface area contributed by atoms with E-state index in [-0.39, 0.29) is 6.54 Å². The van der Waals surface area contributed by atoms with E-state index in [9.17, 15) is 9.65 Å². The average Bonchev–Trinajstić information content (AvgIpc) is 3.32. The smallest absolute Gasteiger partial charge is 0.227 e. The molecule has 0 saturated carbocycles. The van der Waals surface area contributed by atoms with Crippen LogP contribution in [0.15, 0.2) is 42.9 Å². The minimum atomic E-state index is -0.882. The van der Waals surface area contributed by atoms with Gasteiger partial charge in [-0.1, -0.05) is 0 Å². The number of likely N-dealkylation sites (tertiary alicyclic amines) is 1. The van der Waals surface area contributed by atoms with Gasteiger partial charge in [0.15, 0.2) is 0 Å². The lowest BCUT2D eigenvalue weighted by Gasteiger charge is -2.29. The number of piperidine rings is 1. The number of alkyl halides is 1. The Hall–Kier alpha value is -3.84. The van der Waals surface area contributed by atoms with Gasteiger partial charge in [0, 0.05) is 30.5 Å². The highest BCUT2D eigenvalue weighted by atomic mass is 19.1. The zero-order chi connectivity index (χ0) is 24.2. The van der Waals surface area contributed by atoms with Crippen LogP contribution in [0.1, 0.15) is 24.8 Å². The van der Waals surface area contributed by atoms with E-state index in [4.69, 9.17) is 0 Å². The molecule has 1 atom stereocenters. The molecule has 180 valence electrons. The van der Waals surface area contributed by atoms with Crippen molar-refractivity contribution in [1.82, 2.24) is 24.8 Å². The molecule has 0 amide bonds. The highest BCUT2D eigenvalue weighted by Gasteiger charge is 2.25. The van der Waals surface area contributed by atoms with Gasteiger partial charge in [-0.05, 0) is 63.7 Å². The number of nitrogens with zero attached hydrogens (tertiary/aromatic N) is 7. The SMILES string of the molecule is CN1CCC(Nc2ccc(Nc3nccc(-c4cnc(N5CCC(F)C5)c(C#N)c4)n3)cn2)CC1. The first kappa shape index (κ1) is 22.9. The number of hydrogen-bond acceptors (Lipinski definition) is 9. The molecule has 2 aliphatic heterocycles. The van der Waals surface area contributed by atoms with Crippen LogP contribution in [0.5, 0.6) is 0 Å².